The number of anilines is 1. The molecule has 7 N–H and O–H groups in total. The van der Waals surface area contributed by atoms with Gasteiger partial charge in [-0.2, -0.15) is 8.78 Å². The van der Waals surface area contributed by atoms with E-state index < -0.39 is 24.7 Å². The number of primary amides is 1. The Hall–Kier alpha value is -2.79. The first kappa shape index (κ1) is 27.5. The van der Waals surface area contributed by atoms with Crippen LogP contribution in [-0.4, -0.2) is 47.2 Å². The molecule has 34 heavy (non-hydrogen) atoms. The van der Waals surface area contributed by atoms with Gasteiger partial charge >= 0.3 is 6.03 Å². The fourth-order valence-corrected chi connectivity index (χ4v) is 3.38. The van der Waals surface area contributed by atoms with E-state index in [1.807, 2.05) is 6.92 Å². The number of carbonyl (C=O) groups excluding carboxylic acids is 1. The molecule has 2 rings (SSSR count). The lowest BCUT2D eigenvalue weighted by Crippen LogP contribution is -2.30. The number of alkyl halides is 2. The van der Waals surface area contributed by atoms with E-state index in [0.717, 1.165) is 12.8 Å². The number of urea groups is 1. The number of aliphatic hydroxyl groups excluding tert-OH is 2. The van der Waals surface area contributed by atoms with Gasteiger partial charge in [0.1, 0.15) is 12.4 Å². The van der Waals surface area contributed by atoms with Gasteiger partial charge < -0.3 is 36.4 Å². The Kier molecular flexibility index (Phi) is 10.6. The van der Waals surface area contributed by atoms with Gasteiger partial charge in [-0.15, -0.1) is 0 Å². The minimum absolute atomic E-state index is 0.0200. The van der Waals surface area contributed by atoms with Crippen molar-refractivity contribution >= 4 is 11.7 Å². The Morgan fingerprint density at radius 3 is 2.68 bits per heavy atom. The van der Waals surface area contributed by atoms with Crippen molar-refractivity contribution < 1.29 is 33.6 Å². The predicted octanol–water partition coefficient (Wildman–Crippen LogP) is 3.37. The summed E-state index contributed by atoms with van der Waals surface area (Å²) in [5.41, 5.74) is 5.88. The van der Waals surface area contributed by atoms with E-state index in [9.17, 15) is 28.9 Å². The summed E-state index contributed by atoms with van der Waals surface area (Å²) in [6.07, 6.45) is 1.33. The maximum absolute atomic E-state index is 14.4. The molecular weight excluding hydrogens is 448 g/mol. The highest BCUT2D eigenvalue weighted by molar-refractivity contribution is 5.87. The molecule has 0 saturated carbocycles. The van der Waals surface area contributed by atoms with Crippen LogP contribution in [0, 0.1) is 0 Å². The molecule has 2 amide bonds. The molecule has 0 aliphatic rings. The molecule has 2 aromatic rings. The van der Waals surface area contributed by atoms with Gasteiger partial charge in [0.05, 0.1) is 12.7 Å². The molecule has 0 radical (unpaired) electrons. The first-order valence-corrected chi connectivity index (χ1v) is 11.1. The Balaban J connectivity index is 1.65. The zero-order chi connectivity index (χ0) is 25.1. The smallest absolute Gasteiger partial charge is 0.316 e. The lowest BCUT2D eigenvalue weighted by atomic mass is 10.0. The molecule has 10 heteroatoms. The van der Waals surface area contributed by atoms with Crippen LogP contribution < -0.4 is 16.4 Å². The van der Waals surface area contributed by atoms with E-state index in [2.05, 4.69) is 10.6 Å². The standard InChI is InChI=1S/C24H33F2N3O5/c1-16(28-13-22(32)17-8-9-21(31)18(11-17)14-30)5-2-3-10-34-15-24(25,26)19-6-4-7-20(12-19)29-23(27)33/h4,6-9,11-12,16,22,28,30-32H,2-3,5,10,13-15H2,1H3,(H3,27,29,33)/t16-,22-/m0/s1. The van der Waals surface area contributed by atoms with Gasteiger partial charge in [0, 0.05) is 36.0 Å². The number of nitrogens with two attached hydrogens (primary N) is 1. The second-order valence-electron chi connectivity index (χ2n) is 8.19. The van der Waals surface area contributed by atoms with E-state index in [1.165, 1.54) is 30.3 Å². The normalized spacial score (nSPS) is 13.4. The third-order valence-electron chi connectivity index (χ3n) is 5.33. The summed E-state index contributed by atoms with van der Waals surface area (Å²) < 4.78 is 33.9. The number of hydrogen-bond donors (Lipinski definition) is 6. The molecule has 0 saturated heterocycles. The van der Waals surface area contributed by atoms with Crippen molar-refractivity contribution in [3.8, 4) is 5.75 Å². The molecule has 0 spiro atoms. The van der Waals surface area contributed by atoms with Crippen molar-refractivity contribution in [3.05, 3.63) is 59.2 Å². The highest BCUT2D eigenvalue weighted by Crippen LogP contribution is 2.30. The number of benzene rings is 2. The van der Waals surface area contributed by atoms with Crippen LogP contribution in [-0.2, 0) is 17.3 Å². The van der Waals surface area contributed by atoms with Crippen LogP contribution >= 0.6 is 0 Å². The molecule has 0 unspecified atom stereocenters. The Labute approximate surface area is 197 Å². The number of rotatable bonds is 14. The quantitative estimate of drug-likeness (QED) is 0.229. The zero-order valence-corrected chi connectivity index (χ0v) is 19.1. The Morgan fingerprint density at radius 1 is 1.21 bits per heavy atom. The van der Waals surface area contributed by atoms with Crippen molar-refractivity contribution in [1.82, 2.24) is 5.32 Å². The molecule has 8 nitrogen and oxygen atoms in total. The zero-order valence-electron chi connectivity index (χ0n) is 19.1. The van der Waals surface area contributed by atoms with Crippen molar-refractivity contribution in [2.24, 2.45) is 5.73 Å². The molecule has 0 aliphatic heterocycles. The largest absolute Gasteiger partial charge is 0.508 e. The third kappa shape index (κ3) is 8.86. The lowest BCUT2D eigenvalue weighted by molar-refractivity contribution is -0.0831. The number of phenols is 1. The highest BCUT2D eigenvalue weighted by Gasteiger charge is 2.32. The molecule has 188 valence electrons. The van der Waals surface area contributed by atoms with Crippen molar-refractivity contribution in [2.45, 2.75) is 50.9 Å². The maximum atomic E-state index is 14.4. The molecule has 0 aromatic heterocycles. The van der Waals surface area contributed by atoms with Crippen LogP contribution in [0.1, 0.15) is 49.0 Å². The SMILES string of the molecule is C[C@@H](CCCCOCC(F)(F)c1cccc(NC(N)=O)c1)NC[C@H](O)c1ccc(O)c(CO)c1. The lowest BCUT2D eigenvalue weighted by Gasteiger charge is -2.19. The summed E-state index contributed by atoms with van der Waals surface area (Å²) in [5.74, 6) is -3.22. The molecule has 2 atom stereocenters. The van der Waals surface area contributed by atoms with Crippen LogP contribution in [0.15, 0.2) is 42.5 Å². The summed E-state index contributed by atoms with van der Waals surface area (Å²) in [6.45, 7) is 1.36. The summed E-state index contributed by atoms with van der Waals surface area (Å²) in [7, 11) is 0. The van der Waals surface area contributed by atoms with Crippen LogP contribution in [0.25, 0.3) is 0 Å². The van der Waals surface area contributed by atoms with E-state index in [-0.39, 0.29) is 36.3 Å². The number of aromatic hydroxyl groups is 1. The number of ether oxygens (including phenoxy) is 1. The monoisotopic (exact) mass is 481 g/mol. The van der Waals surface area contributed by atoms with E-state index in [1.54, 1.807) is 12.1 Å². The molecule has 0 bridgehead atoms. The number of aliphatic hydroxyl groups is 2. The van der Waals surface area contributed by atoms with Gasteiger partial charge in [-0.1, -0.05) is 18.2 Å². The predicted molar refractivity (Wildman–Crippen MR) is 125 cm³/mol. The Bertz CT molecular complexity index is 929. The van der Waals surface area contributed by atoms with Crippen molar-refractivity contribution in [1.29, 1.82) is 0 Å². The summed E-state index contributed by atoms with van der Waals surface area (Å²) in [4.78, 5) is 10.9. The van der Waals surface area contributed by atoms with Gasteiger partial charge in [-0.05, 0) is 56.0 Å². The maximum Gasteiger partial charge on any atom is 0.316 e. The van der Waals surface area contributed by atoms with Gasteiger partial charge in [0.25, 0.3) is 5.92 Å². The molecule has 0 aliphatic carbocycles. The van der Waals surface area contributed by atoms with Gasteiger partial charge in [-0.25, -0.2) is 4.79 Å². The fraction of sp³-hybridized carbons (Fsp3) is 0.458. The van der Waals surface area contributed by atoms with E-state index in [4.69, 9.17) is 10.5 Å². The number of unbranched alkanes of at least 4 members (excludes halogenated alkanes) is 1. The van der Waals surface area contributed by atoms with Crippen LogP contribution in [0.2, 0.25) is 0 Å². The average Bonchev–Trinajstić information content (AvgIpc) is 2.79. The fourth-order valence-electron chi connectivity index (χ4n) is 3.38. The summed E-state index contributed by atoms with van der Waals surface area (Å²) >= 11 is 0. The summed E-state index contributed by atoms with van der Waals surface area (Å²) in [6, 6.07) is 9.17. The van der Waals surface area contributed by atoms with Crippen molar-refractivity contribution in [3.63, 3.8) is 0 Å². The van der Waals surface area contributed by atoms with E-state index >= 15 is 0 Å². The first-order chi connectivity index (χ1) is 16.1. The van der Waals surface area contributed by atoms with Gasteiger partial charge in [0.15, 0.2) is 0 Å². The second-order valence-corrected chi connectivity index (χ2v) is 8.19. The van der Waals surface area contributed by atoms with Crippen LogP contribution in [0.5, 0.6) is 5.75 Å². The Morgan fingerprint density at radius 2 is 1.97 bits per heavy atom. The number of halogens is 2. The van der Waals surface area contributed by atoms with Gasteiger partial charge in [-0.3, -0.25) is 0 Å². The number of carbonyl (C=O) groups is 1. The molecule has 0 fully saturated rings. The first-order valence-electron chi connectivity index (χ1n) is 11.1. The minimum atomic E-state index is -3.20. The summed E-state index contributed by atoms with van der Waals surface area (Å²) in [5, 5.41) is 34.6. The topological polar surface area (TPSA) is 137 Å². The highest BCUT2D eigenvalue weighted by atomic mass is 19.3. The number of amides is 2. The second kappa shape index (κ2) is 13.2. The third-order valence-corrected chi connectivity index (χ3v) is 5.33. The van der Waals surface area contributed by atoms with Gasteiger partial charge in [0.2, 0.25) is 0 Å². The molecular formula is C24H33F2N3O5. The van der Waals surface area contributed by atoms with Crippen LogP contribution in [0.4, 0.5) is 19.3 Å². The molecule has 0 heterocycles. The van der Waals surface area contributed by atoms with E-state index in [0.29, 0.717) is 24.1 Å². The number of nitrogens with one attached hydrogen (secondary N) is 2. The molecule has 2 aromatic carbocycles. The number of hydrogen-bond acceptors (Lipinski definition) is 6. The van der Waals surface area contributed by atoms with Crippen LogP contribution in [0.3, 0.4) is 0 Å². The van der Waals surface area contributed by atoms with Crippen molar-refractivity contribution in [2.75, 3.05) is 25.1 Å². The minimum Gasteiger partial charge on any atom is -0.508 e. The average molecular weight is 482 g/mol.